The molecule has 4 heteroatoms. The van der Waals surface area contributed by atoms with Gasteiger partial charge in [-0.1, -0.05) is 19.1 Å². The highest BCUT2D eigenvalue weighted by Crippen LogP contribution is 2.30. The number of thioether (sulfide) groups is 1. The van der Waals surface area contributed by atoms with Gasteiger partial charge in [0.1, 0.15) is 4.99 Å². The zero-order valence-corrected chi connectivity index (χ0v) is 12.8. The summed E-state index contributed by atoms with van der Waals surface area (Å²) in [6.45, 7) is 7.79. The van der Waals surface area contributed by atoms with Gasteiger partial charge in [0.25, 0.3) is 0 Å². The Morgan fingerprint density at radius 2 is 2.17 bits per heavy atom. The molecule has 1 aromatic rings. The molecule has 2 rings (SSSR count). The summed E-state index contributed by atoms with van der Waals surface area (Å²) in [7, 11) is 0. The first kappa shape index (κ1) is 13.7. The molecule has 18 heavy (non-hydrogen) atoms. The molecule has 1 heterocycles. The molecule has 0 spiro atoms. The molecule has 0 amide bonds. The lowest BCUT2D eigenvalue weighted by molar-refractivity contribution is 0.627. The van der Waals surface area contributed by atoms with Crippen LogP contribution in [0.1, 0.15) is 25.0 Å². The highest BCUT2D eigenvalue weighted by molar-refractivity contribution is 8.00. The summed E-state index contributed by atoms with van der Waals surface area (Å²) in [6.07, 6.45) is 0. The van der Waals surface area contributed by atoms with Crippen LogP contribution in [-0.4, -0.2) is 28.6 Å². The second-order valence-corrected chi connectivity index (χ2v) is 6.80. The van der Waals surface area contributed by atoms with E-state index in [4.69, 9.17) is 18.0 Å². The summed E-state index contributed by atoms with van der Waals surface area (Å²) < 4.78 is 0. The van der Waals surface area contributed by atoms with Crippen molar-refractivity contribution < 1.29 is 0 Å². The van der Waals surface area contributed by atoms with Crippen molar-refractivity contribution in [2.24, 2.45) is 5.73 Å². The van der Waals surface area contributed by atoms with Gasteiger partial charge in [-0.3, -0.25) is 0 Å². The quantitative estimate of drug-likeness (QED) is 0.843. The number of benzene rings is 1. The van der Waals surface area contributed by atoms with Crippen LogP contribution in [0.15, 0.2) is 18.2 Å². The highest BCUT2D eigenvalue weighted by atomic mass is 32.2. The van der Waals surface area contributed by atoms with Crippen LogP contribution < -0.4 is 10.6 Å². The molecule has 1 aliphatic rings. The summed E-state index contributed by atoms with van der Waals surface area (Å²) in [5.41, 5.74) is 9.14. The molecule has 1 aromatic carbocycles. The average Bonchev–Trinajstić information content (AvgIpc) is 2.32. The van der Waals surface area contributed by atoms with Gasteiger partial charge < -0.3 is 10.6 Å². The average molecular weight is 280 g/mol. The maximum atomic E-state index is 5.71. The number of thiocarbonyl (C=S) groups is 1. The van der Waals surface area contributed by atoms with Crippen LogP contribution >= 0.6 is 24.0 Å². The van der Waals surface area contributed by atoms with E-state index < -0.39 is 0 Å². The first-order chi connectivity index (χ1) is 8.50. The van der Waals surface area contributed by atoms with Gasteiger partial charge in [0.15, 0.2) is 0 Å². The van der Waals surface area contributed by atoms with Crippen molar-refractivity contribution in [1.82, 2.24) is 0 Å². The summed E-state index contributed by atoms with van der Waals surface area (Å²) in [6, 6.07) is 6.96. The minimum absolute atomic E-state index is 0.481. The van der Waals surface area contributed by atoms with Crippen molar-refractivity contribution in [2.75, 3.05) is 17.2 Å². The van der Waals surface area contributed by atoms with Crippen LogP contribution in [0.2, 0.25) is 0 Å². The van der Waals surface area contributed by atoms with Crippen molar-refractivity contribution >= 4 is 34.7 Å². The Labute approximate surface area is 119 Å². The Morgan fingerprint density at radius 1 is 1.44 bits per heavy atom. The molecule has 2 nitrogen and oxygen atoms in total. The molecule has 1 saturated heterocycles. The molecule has 2 unspecified atom stereocenters. The number of rotatable bonds is 2. The molecule has 0 bridgehead atoms. The Bertz CT molecular complexity index is 459. The lowest BCUT2D eigenvalue weighted by Crippen LogP contribution is -2.44. The fraction of sp³-hybridized carbons (Fsp3) is 0.500. The van der Waals surface area contributed by atoms with Crippen molar-refractivity contribution in [3.05, 3.63) is 29.3 Å². The van der Waals surface area contributed by atoms with E-state index in [0.29, 0.717) is 16.3 Å². The predicted molar refractivity (Wildman–Crippen MR) is 85.8 cm³/mol. The molecular weight excluding hydrogens is 260 g/mol. The van der Waals surface area contributed by atoms with E-state index in [1.165, 1.54) is 11.4 Å². The first-order valence-corrected chi connectivity index (χ1v) is 7.75. The molecule has 2 atom stereocenters. The topological polar surface area (TPSA) is 29.3 Å². The fourth-order valence-corrected chi connectivity index (χ4v) is 3.73. The predicted octanol–water partition coefficient (Wildman–Crippen LogP) is 2.96. The lowest BCUT2D eigenvalue weighted by atomic mass is 10.1. The molecule has 1 aliphatic heterocycles. The number of anilines is 1. The highest BCUT2D eigenvalue weighted by Gasteiger charge is 2.25. The van der Waals surface area contributed by atoms with Crippen molar-refractivity contribution in [3.8, 4) is 0 Å². The van der Waals surface area contributed by atoms with Gasteiger partial charge in [0, 0.05) is 34.8 Å². The Kier molecular flexibility index (Phi) is 4.17. The van der Waals surface area contributed by atoms with Crippen LogP contribution in [0.5, 0.6) is 0 Å². The maximum absolute atomic E-state index is 5.71. The van der Waals surface area contributed by atoms with Crippen LogP contribution in [0.3, 0.4) is 0 Å². The minimum atomic E-state index is 0.481. The lowest BCUT2D eigenvalue weighted by Gasteiger charge is -2.39. The molecule has 2 N–H and O–H groups in total. The van der Waals surface area contributed by atoms with E-state index in [0.717, 1.165) is 17.7 Å². The Morgan fingerprint density at radius 3 is 2.78 bits per heavy atom. The fourth-order valence-electron chi connectivity index (χ4n) is 2.40. The molecule has 1 fully saturated rings. The summed E-state index contributed by atoms with van der Waals surface area (Å²) in [5, 5.41) is 0.675. The van der Waals surface area contributed by atoms with Crippen LogP contribution in [0.4, 0.5) is 5.69 Å². The molecule has 0 aliphatic carbocycles. The summed E-state index contributed by atoms with van der Waals surface area (Å²) in [4.78, 5) is 2.96. The third kappa shape index (κ3) is 2.64. The third-order valence-electron chi connectivity index (χ3n) is 3.69. The largest absolute Gasteiger partial charge is 0.389 e. The maximum Gasteiger partial charge on any atom is 0.104 e. The van der Waals surface area contributed by atoms with Crippen molar-refractivity contribution in [1.29, 1.82) is 0 Å². The Hall–Kier alpha value is -0.740. The summed E-state index contributed by atoms with van der Waals surface area (Å²) >= 11 is 7.11. The van der Waals surface area contributed by atoms with Gasteiger partial charge in [0.05, 0.1) is 0 Å². The van der Waals surface area contributed by atoms with Crippen molar-refractivity contribution in [2.45, 2.75) is 32.1 Å². The van der Waals surface area contributed by atoms with E-state index in [1.54, 1.807) is 0 Å². The van der Waals surface area contributed by atoms with Gasteiger partial charge >= 0.3 is 0 Å². The van der Waals surface area contributed by atoms with Gasteiger partial charge in [-0.2, -0.15) is 11.8 Å². The second kappa shape index (κ2) is 5.49. The van der Waals surface area contributed by atoms with E-state index >= 15 is 0 Å². The zero-order chi connectivity index (χ0) is 13.3. The number of aryl methyl sites for hydroxylation is 1. The SMILES string of the molecule is Cc1cc(N2CCSC(C)C2C)ccc1C(N)=S. The molecular formula is C14H20N2S2. The van der Waals surface area contributed by atoms with E-state index in [1.807, 2.05) is 6.07 Å². The molecule has 0 radical (unpaired) electrons. The molecule has 0 aromatic heterocycles. The Balaban J connectivity index is 2.28. The van der Waals surface area contributed by atoms with Crippen LogP contribution in [0, 0.1) is 6.92 Å². The number of hydrogen-bond acceptors (Lipinski definition) is 3. The standard InChI is InChI=1S/C14H20N2S2/c1-9-8-12(4-5-13(9)14(15)17)16-6-7-18-11(3)10(16)2/h4-5,8,10-11H,6-7H2,1-3H3,(H2,15,17). The van der Waals surface area contributed by atoms with E-state index in [9.17, 15) is 0 Å². The van der Waals surface area contributed by atoms with Gasteiger partial charge in [-0.15, -0.1) is 0 Å². The third-order valence-corrected chi connectivity index (χ3v) is 5.25. The zero-order valence-electron chi connectivity index (χ0n) is 11.1. The number of nitrogens with two attached hydrogens (primary N) is 1. The second-order valence-electron chi connectivity index (χ2n) is 4.87. The monoisotopic (exact) mass is 280 g/mol. The van der Waals surface area contributed by atoms with E-state index in [-0.39, 0.29) is 0 Å². The number of hydrogen-bond donors (Lipinski definition) is 1. The molecule has 98 valence electrons. The minimum Gasteiger partial charge on any atom is -0.389 e. The van der Waals surface area contributed by atoms with Gasteiger partial charge in [-0.25, -0.2) is 0 Å². The van der Waals surface area contributed by atoms with Crippen LogP contribution in [0.25, 0.3) is 0 Å². The normalized spacial score (nSPS) is 24.1. The first-order valence-electron chi connectivity index (χ1n) is 6.29. The van der Waals surface area contributed by atoms with Crippen molar-refractivity contribution in [3.63, 3.8) is 0 Å². The van der Waals surface area contributed by atoms with Gasteiger partial charge in [-0.05, 0) is 37.6 Å². The smallest absolute Gasteiger partial charge is 0.104 e. The summed E-state index contributed by atoms with van der Waals surface area (Å²) in [5.74, 6) is 1.20. The van der Waals surface area contributed by atoms with Gasteiger partial charge in [0.2, 0.25) is 0 Å². The van der Waals surface area contributed by atoms with E-state index in [2.05, 4.69) is 49.6 Å². The van der Waals surface area contributed by atoms with Crippen LogP contribution in [-0.2, 0) is 0 Å². The molecule has 0 saturated carbocycles. The number of nitrogens with zero attached hydrogens (tertiary/aromatic N) is 1.